The molecule has 4 nitrogen and oxygen atoms in total. The molecule has 2 aromatic rings. The number of nitrogen functional groups attached to an aromatic ring is 1. The van der Waals surface area contributed by atoms with Gasteiger partial charge in [0, 0.05) is 6.07 Å². The average Bonchev–Trinajstić information content (AvgIpc) is 2.31. The summed E-state index contributed by atoms with van der Waals surface area (Å²) in [5.41, 5.74) is 5.92. The van der Waals surface area contributed by atoms with E-state index in [1.807, 2.05) is 0 Å². The Morgan fingerprint density at radius 3 is 2.37 bits per heavy atom. The quantitative estimate of drug-likeness (QED) is 0.850. The van der Waals surface area contributed by atoms with Crippen molar-refractivity contribution in [1.29, 1.82) is 0 Å². The summed E-state index contributed by atoms with van der Waals surface area (Å²) in [4.78, 5) is -0.642. The zero-order valence-corrected chi connectivity index (χ0v) is 10.4. The summed E-state index contributed by atoms with van der Waals surface area (Å²) in [6.07, 6.45) is 0. The molecule has 3 N–H and O–H groups in total. The summed E-state index contributed by atoms with van der Waals surface area (Å²) in [7, 11) is -4.15. The van der Waals surface area contributed by atoms with Crippen LogP contribution in [-0.2, 0) is 10.0 Å². The third kappa shape index (κ3) is 2.82. The summed E-state index contributed by atoms with van der Waals surface area (Å²) in [6, 6.07) is 8.37. The zero-order valence-electron chi connectivity index (χ0n) is 9.60. The van der Waals surface area contributed by atoms with Gasteiger partial charge in [-0.3, -0.25) is 4.72 Å². The Hall–Kier alpha value is -2.15. The number of para-hydroxylation sites is 2. The maximum atomic E-state index is 13.5. The number of halogens is 2. The number of nitrogens with two attached hydrogens (primary N) is 1. The summed E-state index contributed by atoms with van der Waals surface area (Å²) >= 11 is 0. The second kappa shape index (κ2) is 4.85. The minimum absolute atomic E-state index is 0.131. The maximum absolute atomic E-state index is 13.5. The number of benzene rings is 2. The number of anilines is 2. The minimum Gasteiger partial charge on any atom is -0.397 e. The van der Waals surface area contributed by atoms with E-state index in [0.29, 0.717) is 6.07 Å². The predicted octanol–water partition coefficient (Wildman–Crippen LogP) is 2.35. The lowest BCUT2D eigenvalue weighted by atomic mass is 10.3. The average molecular weight is 284 g/mol. The van der Waals surface area contributed by atoms with E-state index in [2.05, 4.69) is 4.72 Å². The van der Waals surface area contributed by atoms with Crippen LogP contribution in [0.5, 0.6) is 0 Å². The van der Waals surface area contributed by atoms with Gasteiger partial charge in [-0.1, -0.05) is 12.1 Å². The molecule has 0 saturated carbocycles. The standard InChI is InChI=1S/C12H10F2N2O2S/c13-8-5-6-12(9(14)7-8)19(17,18)16-11-4-2-1-3-10(11)15/h1-7,16H,15H2. The molecule has 0 radical (unpaired) electrons. The normalized spacial score (nSPS) is 11.3. The Morgan fingerprint density at radius 1 is 1.05 bits per heavy atom. The van der Waals surface area contributed by atoms with Crippen LogP contribution in [0.3, 0.4) is 0 Å². The molecule has 0 aliphatic rings. The van der Waals surface area contributed by atoms with Crippen LogP contribution in [0.15, 0.2) is 47.4 Å². The van der Waals surface area contributed by atoms with Crippen molar-refractivity contribution in [3.05, 3.63) is 54.1 Å². The third-order valence-electron chi connectivity index (χ3n) is 2.39. The highest BCUT2D eigenvalue weighted by Crippen LogP contribution is 2.23. The Morgan fingerprint density at radius 2 is 1.74 bits per heavy atom. The topological polar surface area (TPSA) is 72.2 Å². The van der Waals surface area contributed by atoms with Crippen LogP contribution in [0.4, 0.5) is 20.2 Å². The molecule has 0 saturated heterocycles. The maximum Gasteiger partial charge on any atom is 0.264 e. The van der Waals surface area contributed by atoms with E-state index in [9.17, 15) is 17.2 Å². The molecular weight excluding hydrogens is 274 g/mol. The van der Waals surface area contributed by atoms with Crippen LogP contribution in [0, 0.1) is 11.6 Å². The summed E-state index contributed by atoms with van der Waals surface area (Å²) in [5.74, 6) is -2.02. The second-order valence-electron chi connectivity index (χ2n) is 3.77. The van der Waals surface area contributed by atoms with Gasteiger partial charge in [0.15, 0.2) is 0 Å². The first-order valence-electron chi connectivity index (χ1n) is 5.22. The first kappa shape index (κ1) is 13.3. The van der Waals surface area contributed by atoms with Gasteiger partial charge in [0.25, 0.3) is 10.0 Å². The van der Waals surface area contributed by atoms with Gasteiger partial charge in [-0.2, -0.15) is 0 Å². The molecule has 0 unspecified atom stereocenters. The molecular formula is C12H10F2N2O2S. The molecule has 0 spiro atoms. The van der Waals surface area contributed by atoms with Crippen molar-refractivity contribution in [3.63, 3.8) is 0 Å². The fourth-order valence-corrected chi connectivity index (χ4v) is 2.63. The monoisotopic (exact) mass is 284 g/mol. The molecule has 0 aliphatic heterocycles. The van der Waals surface area contributed by atoms with Crippen LogP contribution in [0.1, 0.15) is 0 Å². The molecule has 0 bridgehead atoms. The Balaban J connectivity index is 2.41. The lowest BCUT2D eigenvalue weighted by Gasteiger charge is -2.10. The van der Waals surface area contributed by atoms with Crippen LogP contribution < -0.4 is 10.5 Å². The van der Waals surface area contributed by atoms with Crippen molar-refractivity contribution in [1.82, 2.24) is 0 Å². The number of nitrogens with one attached hydrogen (secondary N) is 1. The predicted molar refractivity (Wildman–Crippen MR) is 68.0 cm³/mol. The summed E-state index contributed by atoms with van der Waals surface area (Å²) < 4.78 is 52.3. The molecule has 19 heavy (non-hydrogen) atoms. The van der Waals surface area contributed by atoms with Crippen molar-refractivity contribution in [2.45, 2.75) is 4.90 Å². The van der Waals surface area contributed by atoms with Crippen molar-refractivity contribution < 1.29 is 17.2 Å². The van der Waals surface area contributed by atoms with Gasteiger partial charge in [-0.15, -0.1) is 0 Å². The fourth-order valence-electron chi connectivity index (χ4n) is 1.48. The Labute approximate surface area is 108 Å². The smallest absolute Gasteiger partial charge is 0.264 e. The summed E-state index contributed by atoms with van der Waals surface area (Å²) in [6.45, 7) is 0. The number of sulfonamides is 1. The fraction of sp³-hybridized carbons (Fsp3) is 0. The van der Waals surface area contributed by atoms with E-state index < -0.39 is 26.6 Å². The number of hydrogen-bond donors (Lipinski definition) is 2. The molecule has 2 aromatic carbocycles. The highest BCUT2D eigenvalue weighted by atomic mass is 32.2. The van der Waals surface area contributed by atoms with Gasteiger partial charge >= 0.3 is 0 Å². The van der Waals surface area contributed by atoms with Crippen LogP contribution >= 0.6 is 0 Å². The molecule has 100 valence electrons. The van der Waals surface area contributed by atoms with E-state index in [1.54, 1.807) is 12.1 Å². The zero-order chi connectivity index (χ0) is 14.0. The van der Waals surface area contributed by atoms with Crippen LogP contribution in [-0.4, -0.2) is 8.42 Å². The first-order chi connectivity index (χ1) is 8.90. The molecule has 2 rings (SSSR count). The van der Waals surface area contributed by atoms with Crippen molar-refractivity contribution >= 4 is 21.4 Å². The largest absolute Gasteiger partial charge is 0.397 e. The third-order valence-corrected chi connectivity index (χ3v) is 3.79. The SMILES string of the molecule is Nc1ccccc1NS(=O)(=O)c1ccc(F)cc1F. The number of rotatable bonds is 3. The highest BCUT2D eigenvalue weighted by Gasteiger charge is 2.20. The van der Waals surface area contributed by atoms with Crippen LogP contribution in [0.2, 0.25) is 0 Å². The van der Waals surface area contributed by atoms with Gasteiger partial charge in [-0.25, -0.2) is 17.2 Å². The van der Waals surface area contributed by atoms with E-state index in [0.717, 1.165) is 12.1 Å². The molecule has 0 heterocycles. The van der Waals surface area contributed by atoms with Crippen LogP contribution in [0.25, 0.3) is 0 Å². The van der Waals surface area contributed by atoms with Gasteiger partial charge < -0.3 is 5.73 Å². The van der Waals surface area contributed by atoms with Gasteiger partial charge in [0.2, 0.25) is 0 Å². The summed E-state index contributed by atoms with van der Waals surface area (Å²) in [5, 5.41) is 0. The Kier molecular flexibility index (Phi) is 3.39. The molecule has 0 aromatic heterocycles. The lowest BCUT2D eigenvalue weighted by molar-refractivity contribution is 0.551. The van der Waals surface area contributed by atoms with E-state index in [-0.39, 0.29) is 11.4 Å². The molecule has 0 fully saturated rings. The van der Waals surface area contributed by atoms with Crippen molar-refractivity contribution in [3.8, 4) is 0 Å². The second-order valence-corrected chi connectivity index (χ2v) is 5.42. The molecule has 0 aliphatic carbocycles. The van der Waals surface area contributed by atoms with Gasteiger partial charge in [0.05, 0.1) is 11.4 Å². The molecule has 7 heteroatoms. The van der Waals surface area contributed by atoms with E-state index >= 15 is 0 Å². The van der Waals surface area contributed by atoms with E-state index in [4.69, 9.17) is 5.73 Å². The number of hydrogen-bond acceptors (Lipinski definition) is 3. The Bertz CT molecular complexity index is 717. The first-order valence-corrected chi connectivity index (χ1v) is 6.71. The molecule has 0 amide bonds. The van der Waals surface area contributed by atoms with Gasteiger partial charge in [0.1, 0.15) is 16.5 Å². The van der Waals surface area contributed by atoms with Crippen molar-refractivity contribution in [2.75, 3.05) is 10.5 Å². The van der Waals surface area contributed by atoms with Gasteiger partial charge in [-0.05, 0) is 24.3 Å². The highest BCUT2D eigenvalue weighted by molar-refractivity contribution is 7.92. The molecule has 0 atom stereocenters. The van der Waals surface area contributed by atoms with E-state index in [1.165, 1.54) is 12.1 Å². The van der Waals surface area contributed by atoms with Crippen molar-refractivity contribution in [2.24, 2.45) is 0 Å². The lowest BCUT2D eigenvalue weighted by Crippen LogP contribution is -2.15. The minimum atomic E-state index is -4.15.